The van der Waals surface area contributed by atoms with Crippen molar-refractivity contribution in [1.82, 2.24) is 0 Å². The van der Waals surface area contributed by atoms with Crippen LogP contribution in [-0.4, -0.2) is 0 Å². The van der Waals surface area contributed by atoms with Crippen LogP contribution in [0.1, 0.15) is 22.7 Å². The Hall–Kier alpha value is -1.52. The largest absolute Gasteiger partial charge is 0.320 e. The topological polar surface area (TPSA) is 26.0 Å². The number of hydrogen-bond acceptors (Lipinski definition) is 1. The summed E-state index contributed by atoms with van der Waals surface area (Å²) in [6.07, 6.45) is 0. The zero-order chi connectivity index (χ0) is 14.2. The van der Waals surface area contributed by atoms with Crippen LogP contribution in [0.15, 0.2) is 30.3 Å². The number of benzene rings is 2. The van der Waals surface area contributed by atoms with E-state index in [2.05, 4.69) is 0 Å². The van der Waals surface area contributed by atoms with Gasteiger partial charge >= 0.3 is 0 Å². The molecule has 19 heavy (non-hydrogen) atoms. The van der Waals surface area contributed by atoms with Crippen molar-refractivity contribution in [1.29, 1.82) is 0 Å². The van der Waals surface area contributed by atoms with Crippen molar-refractivity contribution >= 4 is 11.6 Å². The summed E-state index contributed by atoms with van der Waals surface area (Å²) in [4.78, 5) is 0. The summed E-state index contributed by atoms with van der Waals surface area (Å²) in [7, 11) is 0. The Bertz CT molecular complexity index is 628. The fourth-order valence-electron chi connectivity index (χ4n) is 1.79. The maximum absolute atomic E-state index is 13.8. The molecular formula is C14H11ClF3N. The Morgan fingerprint density at radius 1 is 1.00 bits per heavy atom. The Morgan fingerprint density at radius 3 is 2.32 bits per heavy atom. The first-order chi connectivity index (χ1) is 8.90. The molecule has 100 valence electrons. The second kappa shape index (κ2) is 5.23. The molecule has 5 heteroatoms. The van der Waals surface area contributed by atoms with Crippen molar-refractivity contribution < 1.29 is 13.2 Å². The molecule has 0 aliphatic heterocycles. The van der Waals surface area contributed by atoms with Gasteiger partial charge in [-0.05, 0) is 42.3 Å². The maximum Gasteiger partial charge on any atom is 0.142 e. The van der Waals surface area contributed by atoms with Crippen molar-refractivity contribution in [2.75, 3.05) is 0 Å². The Balaban J connectivity index is 2.46. The van der Waals surface area contributed by atoms with Crippen LogP contribution < -0.4 is 5.73 Å². The van der Waals surface area contributed by atoms with E-state index in [9.17, 15) is 13.2 Å². The average Bonchev–Trinajstić information content (AvgIpc) is 2.36. The molecule has 1 atom stereocenters. The molecule has 0 aliphatic rings. The second-order valence-corrected chi connectivity index (χ2v) is 4.68. The van der Waals surface area contributed by atoms with Gasteiger partial charge in [0.15, 0.2) is 0 Å². The first-order valence-electron chi connectivity index (χ1n) is 5.56. The summed E-state index contributed by atoms with van der Waals surface area (Å²) in [6, 6.07) is 5.06. The van der Waals surface area contributed by atoms with E-state index < -0.39 is 23.5 Å². The molecular weight excluding hydrogens is 275 g/mol. The van der Waals surface area contributed by atoms with Crippen LogP contribution in [-0.2, 0) is 0 Å². The van der Waals surface area contributed by atoms with Gasteiger partial charge < -0.3 is 5.73 Å². The zero-order valence-corrected chi connectivity index (χ0v) is 10.8. The monoisotopic (exact) mass is 285 g/mol. The van der Waals surface area contributed by atoms with Gasteiger partial charge in [-0.3, -0.25) is 0 Å². The summed E-state index contributed by atoms with van der Waals surface area (Å²) in [5.41, 5.74) is 6.33. The third-order valence-electron chi connectivity index (χ3n) is 2.92. The van der Waals surface area contributed by atoms with Crippen molar-refractivity contribution in [3.63, 3.8) is 0 Å². The lowest BCUT2D eigenvalue weighted by atomic mass is 9.98. The molecule has 1 unspecified atom stereocenters. The summed E-state index contributed by atoms with van der Waals surface area (Å²) in [6.45, 7) is 1.45. The minimum atomic E-state index is -0.957. The van der Waals surface area contributed by atoms with Crippen LogP contribution in [0.4, 0.5) is 13.2 Å². The molecule has 2 aromatic rings. The Morgan fingerprint density at radius 2 is 1.68 bits per heavy atom. The summed E-state index contributed by atoms with van der Waals surface area (Å²) in [5, 5.41) is -0.0495. The van der Waals surface area contributed by atoms with Crippen molar-refractivity contribution in [2.24, 2.45) is 5.73 Å². The van der Waals surface area contributed by atoms with E-state index >= 15 is 0 Å². The number of aryl methyl sites for hydroxylation is 1. The molecule has 0 radical (unpaired) electrons. The van der Waals surface area contributed by atoms with Gasteiger partial charge in [-0.25, -0.2) is 13.2 Å². The van der Waals surface area contributed by atoms with Gasteiger partial charge in [0.1, 0.15) is 17.5 Å². The predicted molar refractivity (Wildman–Crippen MR) is 68.5 cm³/mol. The zero-order valence-electron chi connectivity index (χ0n) is 10.1. The summed E-state index contributed by atoms with van der Waals surface area (Å²) in [5.74, 6) is -1.83. The molecule has 0 saturated heterocycles. The molecule has 0 spiro atoms. The molecule has 0 fully saturated rings. The summed E-state index contributed by atoms with van der Waals surface area (Å²) >= 11 is 5.56. The Labute approximate surface area is 113 Å². The first-order valence-corrected chi connectivity index (χ1v) is 5.94. The number of hydrogen-bond donors (Lipinski definition) is 1. The third kappa shape index (κ3) is 2.74. The van der Waals surface area contributed by atoms with E-state index in [1.54, 1.807) is 0 Å². The quantitative estimate of drug-likeness (QED) is 0.883. The van der Waals surface area contributed by atoms with Gasteiger partial charge in [0.25, 0.3) is 0 Å². The van der Waals surface area contributed by atoms with Crippen LogP contribution in [0.25, 0.3) is 0 Å². The molecule has 0 aromatic heterocycles. The highest BCUT2D eigenvalue weighted by molar-refractivity contribution is 6.30. The lowest BCUT2D eigenvalue weighted by Gasteiger charge is -2.15. The van der Waals surface area contributed by atoms with Crippen molar-refractivity contribution in [2.45, 2.75) is 13.0 Å². The number of halogens is 4. The van der Waals surface area contributed by atoms with E-state index in [-0.39, 0.29) is 16.1 Å². The molecule has 1 nitrogen and oxygen atoms in total. The smallest absolute Gasteiger partial charge is 0.142 e. The first kappa shape index (κ1) is 13.9. The van der Waals surface area contributed by atoms with Gasteiger partial charge in [-0.1, -0.05) is 17.7 Å². The standard InChI is InChI=1S/C14H11ClF3N/c1-7-4-12(17)9(6-11(7)16)14(19)8-2-3-10(15)13(18)5-8/h2-6,14H,19H2,1H3. The molecule has 0 aliphatic carbocycles. The van der Waals surface area contributed by atoms with Crippen LogP contribution in [0.5, 0.6) is 0 Å². The molecule has 2 aromatic carbocycles. The summed E-state index contributed by atoms with van der Waals surface area (Å²) < 4.78 is 40.6. The fraction of sp³-hybridized carbons (Fsp3) is 0.143. The van der Waals surface area contributed by atoms with E-state index in [1.165, 1.54) is 19.1 Å². The molecule has 2 N–H and O–H groups in total. The minimum Gasteiger partial charge on any atom is -0.320 e. The molecule has 0 saturated carbocycles. The van der Waals surface area contributed by atoms with Crippen LogP contribution >= 0.6 is 11.6 Å². The fourth-order valence-corrected chi connectivity index (χ4v) is 1.90. The van der Waals surface area contributed by atoms with Crippen molar-refractivity contribution in [3.8, 4) is 0 Å². The number of nitrogens with two attached hydrogens (primary N) is 1. The molecule has 0 amide bonds. The van der Waals surface area contributed by atoms with E-state index in [0.717, 1.165) is 18.2 Å². The maximum atomic E-state index is 13.8. The van der Waals surface area contributed by atoms with Crippen LogP contribution in [0.3, 0.4) is 0 Å². The van der Waals surface area contributed by atoms with E-state index in [4.69, 9.17) is 17.3 Å². The second-order valence-electron chi connectivity index (χ2n) is 4.27. The highest BCUT2D eigenvalue weighted by Crippen LogP contribution is 2.26. The highest BCUT2D eigenvalue weighted by Gasteiger charge is 2.17. The lowest BCUT2D eigenvalue weighted by molar-refractivity contribution is 0.569. The van der Waals surface area contributed by atoms with Gasteiger partial charge in [0.2, 0.25) is 0 Å². The third-order valence-corrected chi connectivity index (χ3v) is 3.22. The van der Waals surface area contributed by atoms with Gasteiger partial charge in [-0.2, -0.15) is 0 Å². The SMILES string of the molecule is Cc1cc(F)c(C(N)c2ccc(Cl)c(F)c2)cc1F. The van der Waals surface area contributed by atoms with Crippen molar-refractivity contribution in [3.05, 3.63) is 69.5 Å². The van der Waals surface area contributed by atoms with E-state index in [1.807, 2.05) is 0 Å². The molecule has 0 heterocycles. The van der Waals surface area contributed by atoms with E-state index in [0.29, 0.717) is 5.56 Å². The molecule has 0 bridgehead atoms. The average molecular weight is 286 g/mol. The van der Waals surface area contributed by atoms with Crippen LogP contribution in [0, 0.1) is 24.4 Å². The van der Waals surface area contributed by atoms with Gasteiger partial charge in [-0.15, -0.1) is 0 Å². The molecule has 2 rings (SSSR count). The lowest BCUT2D eigenvalue weighted by Crippen LogP contribution is -2.14. The Kier molecular flexibility index (Phi) is 3.83. The normalized spacial score (nSPS) is 12.5. The minimum absolute atomic E-state index is 0.0233. The predicted octanol–water partition coefficient (Wildman–Crippen LogP) is 4.11. The van der Waals surface area contributed by atoms with Gasteiger partial charge in [0, 0.05) is 5.56 Å². The van der Waals surface area contributed by atoms with Crippen LogP contribution in [0.2, 0.25) is 5.02 Å². The highest BCUT2D eigenvalue weighted by atomic mass is 35.5. The number of rotatable bonds is 2. The van der Waals surface area contributed by atoms with Gasteiger partial charge in [0.05, 0.1) is 11.1 Å².